The van der Waals surface area contributed by atoms with Crippen LogP contribution in [-0.2, 0) is 20.9 Å². The standard InChI is InChI=1S/C20H20F6N4O4S/c21-19(22,23)11-28-35(32,33)14-3-4-15(12-2-1-7-34-10-12)16(9-14)29-18(31)30-17-8-13(5-6-27-17)20(24,25)26/h3-6,8-9,12,28H,1-2,7,10-11H2,(H2,27,29,30,31). The molecule has 1 aromatic heterocycles. The topological polar surface area (TPSA) is 109 Å². The lowest BCUT2D eigenvalue weighted by molar-refractivity contribution is -0.137. The third-order valence-corrected chi connectivity index (χ3v) is 6.37. The van der Waals surface area contributed by atoms with E-state index in [1.807, 2.05) is 0 Å². The van der Waals surface area contributed by atoms with Crippen molar-refractivity contribution < 1.29 is 44.3 Å². The third-order valence-electron chi connectivity index (χ3n) is 4.97. The zero-order valence-corrected chi connectivity index (χ0v) is 18.6. The fourth-order valence-electron chi connectivity index (χ4n) is 3.36. The summed E-state index contributed by atoms with van der Waals surface area (Å²) in [6.07, 6.45) is -7.30. The lowest BCUT2D eigenvalue weighted by Gasteiger charge is -2.25. The van der Waals surface area contributed by atoms with Gasteiger partial charge in [0.2, 0.25) is 10.0 Å². The number of ether oxygens (including phenoxy) is 1. The average Bonchev–Trinajstić information content (AvgIpc) is 2.77. The molecule has 1 saturated heterocycles. The van der Waals surface area contributed by atoms with Crippen LogP contribution in [0.15, 0.2) is 41.4 Å². The number of hydrogen-bond acceptors (Lipinski definition) is 5. The van der Waals surface area contributed by atoms with Crippen LogP contribution in [0, 0.1) is 0 Å². The summed E-state index contributed by atoms with van der Waals surface area (Å²) in [5, 5.41) is 4.49. The van der Waals surface area contributed by atoms with Gasteiger partial charge >= 0.3 is 18.4 Å². The molecule has 2 heterocycles. The van der Waals surface area contributed by atoms with E-state index in [0.29, 0.717) is 37.1 Å². The molecule has 1 aliphatic heterocycles. The van der Waals surface area contributed by atoms with Crippen LogP contribution in [0.2, 0.25) is 0 Å². The number of alkyl halides is 6. The zero-order chi connectivity index (χ0) is 25.9. The van der Waals surface area contributed by atoms with E-state index in [2.05, 4.69) is 15.6 Å². The fourth-order valence-corrected chi connectivity index (χ4v) is 4.40. The Kier molecular flexibility index (Phi) is 7.91. The maximum Gasteiger partial charge on any atom is 0.416 e. The molecule has 15 heteroatoms. The summed E-state index contributed by atoms with van der Waals surface area (Å²) in [4.78, 5) is 15.6. The lowest BCUT2D eigenvalue weighted by atomic mass is 9.92. The Labute approximate surface area is 196 Å². The summed E-state index contributed by atoms with van der Waals surface area (Å²) in [5.74, 6) is -0.680. The van der Waals surface area contributed by atoms with Gasteiger partial charge in [0, 0.05) is 24.4 Å². The molecule has 2 amide bonds. The van der Waals surface area contributed by atoms with Crippen LogP contribution in [0.4, 0.5) is 42.6 Å². The van der Waals surface area contributed by atoms with Crippen molar-refractivity contribution in [3.8, 4) is 0 Å². The van der Waals surface area contributed by atoms with Crippen molar-refractivity contribution in [3.63, 3.8) is 0 Å². The first kappa shape index (κ1) is 26.7. The first-order valence-electron chi connectivity index (χ1n) is 10.1. The Morgan fingerprint density at radius 3 is 2.46 bits per heavy atom. The van der Waals surface area contributed by atoms with E-state index in [-0.39, 0.29) is 18.2 Å². The van der Waals surface area contributed by atoms with E-state index in [1.165, 1.54) is 10.8 Å². The number of rotatable bonds is 6. The molecule has 3 N–H and O–H groups in total. The average molecular weight is 526 g/mol. The highest BCUT2D eigenvalue weighted by Gasteiger charge is 2.32. The van der Waals surface area contributed by atoms with Crippen molar-refractivity contribution in [1.29, 1.82) is 0 Å². The van der Waals surface area contributed by atoms with E-state index in [4.69, 9.17) is 4.74 Å². The summed E-state index contributed by atoms with van der Waals surface area (Å²) in [5.41, 5.74) is -0.654. The second kappa shape index (κ2) is 10.4. The number of nitrogens with zero attached hydrogens (tertiary/aromatic N) is 1. The smallest absolute Gasteiger partial charge is 0.381 e. The van der Waals surface area contributed by atoms with E-state index in [9.17, 15) is 39.6 Å². The van der Waals surface area contributed by atoms with Gasteiger partial charge in [0.1, 0.15) is 12.4 Å². The molecule has 0 saturated carbocycles. The summed E-state index contributed by atoms with van der Waals surface area (Å²) in [7, 11) is -4.59. The molecule has 0 spiro atoms. The number of benzene rings is 1. The van der Waals surface area contributed by atoms with Crippen LogP contribution in [0.1, 0.15) is 29.9 Å². The summed E-state index contributed by atoms with van der Waals surface area (Å²) < 4.78 is 108. The highest BCUT2D eigenvalue weighted by atomic mass is 32.2. The predicted molar refractivity (Wildman–Crippen MR) is 112 cm³/mol. The summed E-state index contributed by atoms with van der Waals surface area (Å²) >= 11 is 0. The second-order valence-corrected chi connectivity index (χ2v) is 9.38. The van der Waals surface area contributed by atoms with Crippen molar-refractivity contribution in [2.75, 3.05) is 30.4 Å². The van der Waals surface area contributed by atoms with Crippen LogP contribution in [-0.4, -0.2) is 45.4 Å². The number of hydrogen-bond donors (Lipinski definition) is 3. The largest absolute Gasteiger partial charge is 0.416 e. The van der Waals surface area contributed by atoms with E-state index < -0.39 is 51.2 Å². The van der Waals surface area contributed by atoms with Crippen molar-refractivity contribution in [2.24, 2.45) is 0 Å². The van der Waals surface area contributed by atoms with Crippen molar-refractivity contribution in [3.05, 3.63) is 47.7 Å². The first-order chi connectivity index (χ1) is 16.2. The quantitative estimate of drug-likeness (QED) is 0.481. The Balaban J connectivity index is 1.87. The van der Waals surface area contributed by atoms with Gasteiger partial charge in [0.25, 0.3) is 0 Å². The Morgan fingerprint density at radius 2 is 1.83 bits per heavy atom. The van der Waals surface area contributed by atoms with Gasteiger partial charge in [-0.1, -0.05) is 6.07 Å². The maximum absolute atomic E-state index is 12.9. The molecule has 8 nitrogen and oxygen atoms in total. The molecule has 0 aliphatic carbocycles. The first-order valence-corrected chi connectivity index (χ1v) is 11.6. The normalized spacial score (nSPS) is 17.1. The fraction of sp³-hybridized carbons (Fsp3) is 0.400. The van der Waals surface area contributed by atoms with Gasteiger partial charge in [-0.05, 0) is 42.7 Å². The number of amides is 2. The minimum atomic E-state index is -4.79. The number of halogens is 6. The van der Waals surface area contributed by atoms with Crippen molar-refractivity contribution in [1.82, 2.24) is 9.71 Å². The van der Waals surface area contributed by atoms with Gasteiger partial charge in [-0.15, -0.1) is 0 Å². The number of nitrogens with one attached hydrogen (secondary N) is 3. The molecule has 1 fully saturated rings. The highest BCUT2D eigenvalue weighted by molar-refractivity contribution is 7.89. The number of urea groups is 1. The third kappa shape index (κ3) is 7.53. The van der Waals surface area contributed by atoms with Crippen LogP contribution in [0.3, 0.4) is 0 Å². The zero-order valence-electron chi connectivity index (χ0n) is 17.8. The van der Waals surface area contributed by atoms with Gasteiger partial charge in [0.05, 0.1) is 17.1 Å². The number of carbonyl (C=O) groups is 1. The molecule has 1 unspecified atom stereocenters. The highest BCUT2D eigenvalue weighted by Crippen LogP contribution is 2.33. The van der Waals surface area contributed by atoms with E-state index >= 15 is 0 Å². The molecule has 1 aliphatic rings. The SMILES string of the molecule is O=C(Nc1cc(C(F)(F)F)ccn1)Nc1cc(S(=O)(=O)NCC(F)(F)F)ccc1C1CCCOC1. The maximum atomic E-state index is 12.9. The molecule has 1 aromatic carbocycles. The van der Waals surface area contributed by atoms with Crippen LogP contribution in [0.5, 0.6) is 0 Å². The minimum absolute atomic E-state index is 0.0557. The lowest BCUT2D eigenvalue weighted by Crippen LogP contribution is -2.34. The molecule has 0 bridgehead atoms. The molecular formula is C20H20F6N4O4S. The number of aromatic nitrogens is 1. The number of carbonyl (C=O) groups excluding carboxylic acids is 1. The Hall–Kier alpha value is -2.91. The molecule has 2 aromatic rings. The number of pyridine rings is 1. The summed E-state index contributed by atoms with van der Waals surface area (Å²) in [6.45, 7) is -1.03. The number of sulfonamides is 1. The monoisotopic (exact) mass is 526 g/mol. The van der Waals surface area contributed by atoms with Gasteiger partial charge in [0.15, 0.2) is 0 Å². The van der Waals surface area contributed by atoms with Crippen LogP contribution < -0.4 is 15.4 Å². The molecule has 1 atom stereocenters. The van der Waals surface area contributed by atoms with Gasteiger partial charge < -0.3 is 10.1 Å². The van der Waals surface area contributed by atoms with Crippen LogP contribution >= 0.6 is 0 Å². The molecule has 3 rings (SSSR count). The van der Waals surface area contributed by atoms with Gasteiger partial charge in [-0.25, -0.2) is 22.9 Å². The molecule has 35 heavy (non-hydrogen) atoms. The van der Waals surface area contributed by atoms with Crippen LogP contribution in [0.25, 0.3) is 0 Å². The summed E-state index contributed by atoms with van der Waals surface area (Å²) in [6, 6.07) is 3.71. The molecular weight excluding hydrogens is 506 g/mol. The molecule has 192 valence electrons. The predicted octanol–water partition coefficient (Wildman–Crippen LogP) is 4.48. The van der Waals surface area contributed by atoms with Gasteiger partial charge in [-0.3, -0.25) is 5.32 Å². The van der Waals surface area contributed by atoms with E-state index in [0.717, 1.165) is 18.3 Å². The Bertz CT molecular complexity index is 1160. The van der Waals surface area contributed by atoms with E-state index in [1.54, 1.807) is 0 Å². The molecule has 0 radical (unpaired) electrons. The second-order valence-electron chi connectivity index (χ2n) is 7.61. The van der Waals surface area contributed by atoms with Gasteiger partial charge in [-0.2, -0.15) is 26.3 Å². The minimum Gasteiger partial charge on any atom is -0.381 e. The number of anilines is 2. The van der Waals surface area contributed by atoms with Crippen molar-refractivity contribution in [2.45, 2.75) is 36.0 Å². The Morgan fingerprint density at radius 1 is 1.09 bits per heavy atom. The van der Waals surface area contributed by atoms with Crippen molar-refractivity contribution >= 4 is 27.6 Å².